The summed E-state index contributed by atoms with van der Waals surface area (Å²) in [6.07, 6.45) is 3.82. The van der Waals surface area contributed by atoms with Crippen molar-refractivity contribution in [1.82, 2.24) is 15.4 Å². The molecule has 2 heterocycles. The number of nitrogens with one attached hydrogen (secondary N) is 1. The monoisotopic (exact) mass is 469 g/mol. The summed E-state index contributed by atoms with van der Waals surface area (Å²) in [5.41, 5.74) is 7.84. The minimum Gasteiger partial charge on any atom is -0.496 e. The number of thioether (sulfide) groups is 1. The number of nitrogens with zero attached hydrogens (tertiary/aromatic N) is 4. The second kappa shape index (κ2) is 10.5. The van der Waals surface area contributed by atoms with Gasteiger partial charge in [-0.1, -0.05) is 25.6 Å². The first-order valence-electron chi connectivity index (χ1n) is 11.4. The topological polar surface area (TPSA) is 79.7 Å². The number of aryl methyl sites for hydroxylation is 2. The van der Waals surface area contributed by atoms with Crippen LogP contribution in [0.15, 0.2) is 28.5 Å². The highest BCUT2D eigenvalue weighted by Gasteiger charge is 2.36. The summed E-state index contributed by atoms with van der Waals surface area (Å²) in [5.74, 6) is 1.15. The zero-order chi connectivity index (χ0) is 24.2. The van der Waals surface area contributed by atoms with Gasteiger partial charge in [-0.25, -0.2) is 15.4 Å². The molecule has 7 nitrogen and oxygen atoms in total. The van der Waals surface area contributed by atoms with Crippen LogP contribution in [0, 0.1) is 13.8 Å². The van der Waals surface area contributed by atoms with Gasteiger partial charge in [0, 0.05) is 40.8 Å². The van der Waals surface area contributed by atoms with Crippen molar-refractivity contribution in [3.63, 3.8) is 0 Å². The summed E-state index contributed by atoms with van der Waals surface area (Å²) in [6, 6.07) is 6.16. The van der Waals surface area contributed by atoms with Gasteiger partial charge in [0.25, 0.3) is 5.91 Å². The number of anilines is 1. The molecule has 1 amide bonds. The lowest BCUT2D eigenvalue weighted by atomic mass is 9.79. The normalized spacial score (nSPS) is 17.2. The van der Waals surface area contributed by atoms with E-state index in [1.807, 2.05) is 19.9 Å². The average molecular weight is 470 g/mol. The molecular weight excluding hydrogens is 434 g/mol. The minimum absolute atomic E-state index is 0.0915. The van der Waals surface area contributed by atoms with Gasteiger partial charge in [-0.2, -0.15) is 5.10 Å². The van der Waals surface area contributed by atoms with Gasteiger partial charge in [0.05, 0.1) is 19.1 Å². The smallest absolute Gasteiger partial charge is 0.250 e. The molecular formula is C25H35N5O2S. The average Bonchev–Trinajstić information content (AvgIpc) is 2.74. The zero-order valence-electron chi connectivity index (χ0n) is 20.7. The largest absolute Gasteiger partial charge is 0.496 e. The van der Waals surface area contributed by atoms with E-state index in [4.69, 9.17) is 4.74 Å². The molecule has 1 aliphatic rings. The Bertz CT molecular complexity index is 1020. The number of hydrazone groups is 1. The van der Waals surface area contributed by atoms with Crippen LogP contribution in [0.2, 0.25) is 0 Å². The van der Waals surface area contributed by atoms with Crippen LogP contribution in [0.4, 0.5) is 5.69 Å². The molecule has 3 rings (SSSR count). The fourth-order valence-electron chi connectivity index (χ4n) is 4.55. The lowest BCUT2D eigenvalue weighted by molar-refractivity contribution is -0.118. The van der Waals surface area contributed by atoms with Crippen molar-refractivity contribution in [3.8, 4) is 5.75 Å². The number of carbonyl (C=O) groups excluding carboxylic acids is 1. The molecule has 1 aromatic heterocycles. The second-order valence-electron chi connectivity index (χ2n) is 9.24. The van der Waals surface area contributed by atoms with Crippen molar-refractivity contribution in [3.05, 3.63) is 40.7 Å². The Kier molecular flexibility index (Phi) is 8.00. The number of hydrogen-bond donors (Lipinski definition) is 1. The first kappa shape index (κ1) is 25.0. The maximum absolute atomic E-state index is 12.3. The number of carbonyl (C=O) groups is 1. The maximum Gasteiger partial charge on any atom is 0.250 e. The van der Waals surface area contributed by atoms with Crippen LogP contribution in [0.1, 0.15) is 69.0 Å². The van der Waals surface area contributed by atoms with Crippen LogP contribution >= 0.6 is 11.8 Å². The third-order valence-electron chi connectivity index (χ3n) is 5.87. The second-order valence-corrected chi connectivity index (χ2v) is 10.2. The summed E-state index contributed by atoms with van der Waals surface area (Å²) in [5, 5.41) is 4.78. The van der Waals surface area contributed by atoms with Crippen LogP contribution in [0.25, 0.3) is 0 Å². The third-order valence-corrected chi connectivity index (χ3v) is 6.72. The Morgan fingerprint density at radius 1 is 1.30 bits per heavy atom. The molecule has 0 radical (unpaired) electrons. The molecule has 1 unspecified atom stereocenters. The molecule has 1 N–H and O–H groups in total. The molecule has 0 fully saturated rings. The van der Waals surface area contributed by atoms with Crippen LogP contribution in [-0.2, 0) is 4.79 Å². The number of aromatic nitrogens is 2. The third kappa shape index (κ3) is 6.05. The van der Waals surface area contributed by atoms with Crippen LogP contribution in [0.3, 0.4) is 0 Å². The summed E-state index contributed by atoms with van der Waals surface area (Å²) >= 11 is 1.30. The molecule has 8 heteroatoms. The van der Waals surface area contributed by atoms with E-state index in [1.165, 1.54) is 23.0 Å². The van der Waals surface area contributed by atoms with E-state index in [1.54, 1.807) is 13.3 Å². The van der Waals surface area contributed by atoms with Crippen molar-refractivity contribution in [2.24, 2.45) is 5.10 Å². The first-order chi connectivity index (χ1) is 15.6. The van der Waals surface area contributed by atoms with Crippen molar-refractivity contribution >= 4 is 29.6 Å². The number of amides is 1. The predicted octanol–water partition coefficient (Wildman–Crippen LogP) is 4.85. The first-order valence-corrected chi connectivity index (χ1v) is 12.4. The van der Waals surface area contributed by atoms with E-state index in [2.05, 4.69) is 65.2 Å². The molecule has 1 aliphatic heterocycles. The SMILES string of the molecule is CCCN1c2cc(OC)c(/C=N\NC(=O)CSc3nc(C)cc(C)n3)cc2C(C)CC1(C)C. The van der Waals surface area contributed by atoms with Crippen molar-refractivity contribution in [2.45, 2.75) is 71.0 Å². The lowest BCUT2D eigenvalue weighted by Crippen LogP contribution is -2.48. The molecule has 1 atom stereocenters. The molecule has 178 valence electrons. The Hall–Kier alpha value is -2.61. The number of ether oxygens (including phenoxy) is 1. The molecule has 0 aliphatic carbocycles. The molecule has 2 aromatic rings. The standard InChI is InChI=1S/C25H35N5O2S/c1-8-9-30-21-12-22(32-7)19(11-20(21)16(2)13-25(30,5)6)14-26-29-23(31)15-33-24-27-17(3)10-18(4)28-24/h10-12,14,16H,8-9,13,15H2,1-7H3,(H,29,31)/b26-14-. The number of fused-ring (bicyclic) bond motifs is 1. The van der Waals surface area contributed by atoms with Gasteiger partial charge in [0.2, 0.25) is 0 Å². The Morgan fingerprint density at radius 3 is 2.64 bits per heavy atom. The predicted molar refractivity (Wildman–Crippen MR) is 136 cm³/mol. The van der Waals surface area contributed by atoms with E-state index < -0.39 is 0 Å². The van der Waals surface area contributed by atoms with Gasteiger partial charge in [0.1, 0.15) is 5.75 Å². The quantitative estimate of drug-likeness (QED) is 0.258. The van der Waals surface area contributed by atoms with Crippen molar-refractivity contribution < 1.29 is 9.53 Å². The highest BCUT2D eigenvalue weighted by molar-refractivity contribution is 7.99. The van der Waals surface area contributed by atoms with Crippen molar-refractivity contribution in [2.75, 3.05) is 24.3 Å². The molecule has 33 heavy (non-hydrogen) atoms. The molecule has 0 saturated carbocycles. The summed E-state index contributed by atoms with van der Waals surface area (Å²) in [7, 11) is 1.67. The van der Waals surface area contributed by atoms with Crippen LogP contribution < -0.4 is 15.1 Å². The van der Waals surface area contributed by atoms with E-state index in [9.17, 15) is 4.79 Å². The van der Waals surface area contributed by atoms with Gasteiger partial charge < -0.3 is 9.64 Å². The van der Waals surface area contributed by atoms with Gasteiger partial charge in [-0.15, -0.1) is 0 Å². The molecule has 0 bridgehead atoms. The summed E-state index contributed by atoms with van der Waals surface area (Å²) in [4.78, 5) is 23.4. The van der Waals surface area contributed by atoms with Gasteiger partial charge in [-0.05, 0) is 64.2 Å². The van der Waals surface area contributed by atoms with E-state index in [0.29, 0.717) is 11.1 Å². The number of hydrogen-bond acceptors (Lipinski definition) is 7. The Morgan fingerprint density at radius 2 is 2.00 bits per heavy atom. The maximum atomic E-state index is 12.3. The summed E-state index contributed by atoms with van der Waals surface area (Å²) < 4.78 is 5.68. The highest BCUT2D eigenvalue weighted by atomic mass is 32.2. The van der Waals surface area contributed by atoms with E-state index in [0.717, 1.165) is 42.1 Å². The van der Waals surface area contributed by atoms with Gasteiger partial charge in [-0.3, -0.25) is 4.79 Å². The van der Waals surface area contributed by atoms with Gasteiger partial charge in [0.15, 0.2) is 5.16 Å². The fraction of sp³-hybridized carbons (Fsp3) is 0.520. The number of benzene rings is 1. The Balaban J connectivity index is 1.73. The lowest BCUT2D eigenvalue weighted by Gasteiger charge is -2.47. The van der Waals surface area contributed by atoms with E-state index >= 15 is 0 Å². The van der Waals surface area contributed by atoms with Gasteiger partial charge >= 0.3 is 0 Å². The van der Waals surface area contributed by atoms with E-state index in [-0.39, 0.29) is 17.2 Å². The van der Waals surface area contributed by atoms with Crippen molar-refractivity contribution in [1.29, 1.82) is 0 Å². The molecule has 0 spiro atoms. The summed E-state index contributed by atoms with van der Waals surface area (Å²) in [6.45, 7) is 13.9. The minimum atomic E-state index is -0.208. The highest BCUT2D eigenvalue weighted by Crippen LogP contribution is 2.45. The molecule has 0 saturated heterocycles. The fourth-order valence-corrected chi connectivity index (χ4v) is 5.29. The zero-order valence-corrected chi connectivity index (χ0v) is 21.5. The molecule has 1 aromatic carbocycles. The van der Waals surface area contributed by atoms with Crippen LogP contribution in [-0.4, -0.2) is 47.0 Å². The number of methoxy groups -OCH3 is 1. The van der Waals surface area contributed by atoms with Crippen LogP contribution in [0.5, 0.6) is 5.75 Å². The number of rotatable bonds is 8. The Labute approximate surface area is 201 Å².